The summed E-state index contributed by atoms with van der Waals surface area (Å²) in [6.07, 6.45) is 1.50. The Morgan fingerprint density at radius 2 is 1.85 bits per heavy atom. The summed E-state index contributed by atoms with van der Waals surface area (Å²) in [4.78, 5) is 12.6. The second-order valence-corrected chi connectivity index (χ2v) is 6.71. The van der Waals surface area contributed by atoms with E-state index in [1.807, 2.05) is 6.92 Å². The monoisotopic (exact) mass is 391 g/mol. The van der Waals surface area contributed by atoms with Crippen LogP contribution < -0.4 is 5.32 Å². The van der Waals surface area contributed by atoms with Crippen LogP contribution in [0.1, 0.15) is 34.6 Å². The van der Waals surface area contributed by atoms with Gasteiger partial charge in [-0.15, -0.1) is 0 Å². The highest BCUT2D eigenvalue weighted by atomic mass is 35.5. The fourth-order valence-corrected chi connectivity index (χ4v) is 2.91. The largest absolute Gasteiger partial charge is 0.345 e. The molecule has 3 rings (SSSR count). The van der Waals surface area contributed by atoms with Gasteiger partial charge in [0.1, 0.15) is 5.82 Å². The molecular weight excluding hydrogens is 376 g/mol. The van der Waals surface area contributed by atoms with Gasteiger partial charge in [0.2, 0.25) is 0 Å². The van der Waals surface area contributed by atoms with E-state index in [-0.39, 0.29) is 17.8 Å². The predicted octanol–water partition coefficient (Wildman–Crippen LogP) is 5.12. The maximum Gasteiger partial charge on any atom is 0.255 e. The molecule has 1 heterocycles. The number of aromatic nitrogens is 2. The van der Waals surface area contributed by atoms with Crippen molar-refractivity contribution in [3.63, 3.8) is 0 Å². The summed E-state index contributed by atoms with van der Waals surface area (Å²) in [6, 6.07) is 10.9. The molecule has 26 heavy (non-hydrogen) atoms. The lowest BCUT2D eigenvalue weighted by molar-refractivity contribution is 0.0939. The van der Waals surface area contributed by atoms with Gasteiger partial charge in [-0.25, -0.2) is 9.07 Å². The maximum absolute atomic E-state index is 13.0. The first kappa shape index (κ1) is 18.4. The van der Waals surface area contributed by atoms with Crippen LogP contribution in [0.5, 0.6) is 0 Å². The molecule has 3 aromatic rings. The van der Waals surface area contributed by atoms with Gasteiger partial charge in [-0.05, 0) is 49.7 Å². The molecule has 1 atom stereocenters. The summed E-state index contributed by atoms with van der Waals surface area (Å²) in [6.45, 7) is 3.64. The standard InChI is InChI=1S/C19H16Cl2FN3O/c1-11(13-3-5-14(22)6-4-13)24-19(26)16-10-23-25(12(16)2)15-7-8-17(20)18(21)9-15/h3-11H,1-2H3,(H,24,26). The number of nitrogens with one attached hydrogen (secondary N) is 1. The average Bonchev–Trinajstić information content (AvgIpc) is 2.99. The smallest absolute Gasteiger partial charge is 0.255 e. The molecule has 1 unspecified atom stereocenters. The van der Waals surface area contributed by atoms with Crippen molar-refractivity contribution in [2.75, 3.05) is 0 Å². The minimum absolute atomic E-state index is 0.259. The molecule has 0 fully saturated rings. The molecule has 0 bridgehead atoms. The second kappa shape index (κ2) is 7.48. The van der Waals surface area contributed by atoms with Crippen LogP contribution in [0.3, 0.4) is 0 Å². The molecule has 0 saturated carbocycles. The van der Waals surface area contributed by atoms with E-state index < -0.39 is 0 Å². The first-order valence-corrected chi connectivity index (χ1v) is 8.69. The number of carbonyl (C=O) groups excluding carboxylic acids is 1. The van der Waals surface area contributed by atoms with Gasteiger partial charge < -0.3 is 5.32 Å². The lowest BCUT2D eigenvalue weighted by Gasteiger charge is -2.14. The molecule has 7 heteroatoms. The molecule has 1 amide bonds. The normalized spacial score (nSPS) is 12.0. The van der Waals surface area contributed by atoms with Crippen molar-refractivity contribution >= 4 is 29.1 Å². The fraction of sp³-hybridized carbons (Fsp3) is 0.158. The third kappa shape index (κ3) is 3.74. The van der Waals surface area contributed by atoms with Crippen molar-refractivity contribution in [1.29, 1.82) is 0 Å². The quantitative estimate of drug-likeness (QED) is 0.670. The van der Waals surface area contributed by atoms with Crippen LogP contribution in [-0.4, -0.2) is 15.7 Å². The van der Waals surface area contributed by atoms with Crippen LogP contribution in [-0.2, 0) is 0 Å². The summed E-state index contributed by atoms with van der Waals surface area (Å²) in [5, 5.41) is 8.03. The molecule has 0 aliphatic rings. The molecule has 0 aliphatic carbocycles. The Labute approximate surface area is 160 Å². The third-order valence-electron chi connectivity index (χ3n) is 4.12. The molecule has 1 aromatic heterocycles. The van der Waals surface area contributed by atoms with E-state index in [1.54, 1.807) is 41.9 Å². The summed E-state index contributed by atoms with van der Waals surface area (Å²) in [5.74, 6) is -0.573. The number of nitrogens with zero attached hydrogens (tertiary/aromatic N) is 2. The van der Waals surface area contributed by atoms with Crippen molar-refractivity contribution in [1.82, 2.24) is 15.1 Å². The first-order chi connectivity index (χ1) is 12.4. The van der Waals surface area contributed by atoms with Gasteiger partial charge in [0.05, 0.1) is 39.2 Å². The highest BCUT2D eigenvalue weighted by Crippen LogP contribution is 2.25. The lowest BCUT2D eigenvalue weighted by atomic mass is 10.1. The number of benzene rings is 2. The van der Waals surface area contributed by atoms with Crippen LogP contribution in [0.25, 0.3) is 5.69 Å². The number of amides is 1. The van der Waals surface area contributed by atoms with Crippen LogP contribution in [0.4, 0.5) is 4.39 Å². The van der Waals surface area contributed by atoms with E-state index >= 15 is 0 Å². The Hall–Kier alpha value is -2.37. The summed E-state index contributed by atoms with van der Waals surface area (Å²) in [7, 11) is 0. The highest BCUT2D eigenvalue weighted by Gasteiger charge is 2.18. The second-order valence-electron chi connectivity index (χ2n) is 5.90. The first-order valence-electron chi connectivity index (χ1n) is 7.93. The Kier molecular flexibility index (Phi) is 5.30. The van der Waals surface area contributed by atoms with Crippen molar-refractivity contribution < 1.29 is 9.18 Å². The minimum atomic E-state index is -0.314. The number of hydrogen-bond donors (Lipinski definition) is 1. The van der Waals surface area contributed by atoms with Gasteiger partial charge in [0, 0.05) is 0 Å². The van der Waals surface area contributed by atoms with E-state index in [4.69, 9.17) is 23.2 Å². The molecule has 2 aromatic carbocycles. The zero-order valence-corrected chi connectivity index (χ0v) is 15.6. The summed E-state index contributed by atoms with van der Waals surface area (Å²) >= 11 is 12.0. The Morgan fingerprint density at radius 1 is 1.15 bits per heavy atom. The summed E-state index contributed by atoms with van der Waals surface area (Å²) in [5.41, 5.74) is 2.65. The lowest BCUT2D eigenvalue weighted by Crippen LogP contribution is -2.27. The van der Waals surface area contributed by atoms with E-state index in [9.17, 15) is 9.18 Å². The molecule has 0 spiro atoms. The predicted molar refractivity (Wildman–Crippen MR) is 101 cm³/mol. The Morgan fingerprint density at radius 3 is 2.50 bits per heavy atom. The Balaban J connectivity index is 1.81. The molecular formula is C19H16Cl2FN3O. The van der Waals surface area contributed by atoms with Gasteiger partial charge in [0.15, 0.2) is 0 Å². The van der Waals surface area contributed by atoms with E-state index in [0.717, 1.165) is 5.56 Å². The van der Waals surface area contributed by atoms with E-state index in [0.29, 0.717) is 27.0 Å². The number of rotatable bonds is 4. The molecule has 134 valence electrons. The average molecular weight is 392 g/mol. The zero-order valence-electron chi connectivity index (χ0n) is 14.1. The number of carbonyl (C=O) groups is 1. The van der Waals surface area contributed by atoms with Crippen LogP contribution in [0, 0.1) is 12.7 Å². The number of hydrogen-bond acceptors (Lipinski definition) is 2. The van der Waals surface area contributed by atoms with Gasteiger partial charge in [-0.2, -0.15) is 5.10 Å². The summed E-state index contributed by atoms with van der Waals surface area (Å²) < 4.78 is 14.7. The topological polar surface area (TPSA) is 46.9 Å². The van der Waals surface area contributed by atoms with Crippen LogP contribution in [0.15, 0.2) is 48.7 Å². The molecule has 0 radical (unpaired) electrons. The molecule has 4 nitrogen and oxygen atoms in total. The highest BCUT2D eigenvalue weighted by molar-refractivity contribution is 6.42. The fourth-order valence-electron chi connectivity index (χ4n) is 2.62. The molecule has 1 N–H and O–H groups in total. The van der Waals surface area contributed by atoms with Crippen molar-refractivity contribution in [3.8, 4) is 5.69 Å². The zero-order chi connectivity index (χ0) is 18.8. The van der Waals surface area contributed by atoms with Gasteiger partial charge in [0.25, 0.3) is 5.91 Å². The van der Waals surface area contributed by atoms with Gasteiger partial charge in [-0.1, -0.05) is 35.3 Å². The van der Waals surface area contributed by atoms with Gasteiger partial charge >= 0.3 is 0 Å². The number of halogens is 3. The van der Waals surface area contributed by atoms with Crippen molar-refractivity contribution in [2.45, 2.75) is 19.9 Å². The van der Waals surface area contributed by atoms with E-state index in [1.165, 1.54) is 18.3 Å². The Bertz CT molecular complexity index is 954. The molecule has 0 aliphatic heterocycles. The van der Waals surface area contributed by atoms with Crippen molar-refractivity contribution in [2.24, 2.45) is 0 Å². The van der Waals surface area contributed by atoms with Crippen molar-refractivity contribution in [3.05, 3.63) is 81.3 Å². The third-order valence-corrected chi connectivity index (χ3v) is 4.86. The van der Waals surface area contributed by atoms with Gasteiger partial charge in [-0.3, -0.25) is 4.79 Å². The van der Waals surface area contributed by atoms with Crippen LogP contribution in [0.2, 0.25) is 10.0 Å². The van der Waals surface area contributed by atoms with E-state index in [2.05, 4.69) is 10.4 Å². The van der Waals surface area contributed by atoms with Crippen LogP contribution >= 0.6 is 23.2 Å². The molecule has 0 saturated heterocycles. The minimum Gasteiger partial charge on any atom is -0.345 e. The SMILES string of the molecule is Cc1c(C(=O)NC(C)c2ccc(F)cc2)cnn1-c1ccc(Cl)c(Cl)c1. The maximum atomic E-state index is 13.0.